The van der Waals surface area contributed by atoms with E-state index in [-0.39, 0.29) is 13.0 Å². The van der Waals surface area contributed by atoms with E-state index >= 15 is 0 Å². The van der Waals surface area contributed by atoms with Crippen molar-refractivity contribution in [2.75, 3.05) is 13.2 Å². The minimum absolute atomic E-state index is 0.171. The van der Waals surface area contributed by atoms with E-state index in [0.29, 0.717) is 12.8 Å². The van der Waals surface area contributed by atoms with Gasteiger partial charge >= 0.3 is 6.18 Å². The second-order valence-corrected chi connectivity index (χ2v) is 3.27. The number of hydrogen-bond donors (Lipinski definition) is 1. The summed E-state index contributed by atoms with van der Waals surface area (Å²) in [5, 5.41) is 9.36. The molecule has 0 aliphatic rings. The Bertz CT molecular complexity index is 149. The van der Waals surface area contributed by atoms with Crippen molar-refractivity contribution in [3.8, 4) is 0 Å². The Hall–Kier alpha value is -0.290. The van der Waals surface area contributed by atoms with E-state index in [1.807, 2.05) is 0 Å². The van der Waals surface area contributed by atoms with E-state index in [9.17, 15) is 18.3 Å². The topological polar surface area (TPSA) is 29.5 Å². The molecule has 14 heavy (non-hydrogen) atoms. The molecule has 1 atom stereocenters. The Balaban J connectivity index is 4.33. The van der Waals surface area contributed by atoms with Crippen molar-refractivity contribution >= 4 is 0 Å². The van der Waals surface area contributed by atoms with Gasteiger partial charge < -0.3 is 9.84 Å². The maximum atomic E-state index is 12.4. The van der Waals surface area contributed by atoms with Gasteiger partial charge in [-0.3, -0.25) is 0 Å². The molecule has 0 aliphatic carbocycles. The molecule has 0 heterocycles. The fraction of sp³-hybridized carbons (Fsp3) is 1.00. The van der Waals surface area contributed by atoms with Crippen LogP contribution in [0.2, 0.25) is 0 Å². The maximum absolute atomic E-state index is 12.4. The molecular weight excluding hydrogens is 197 g/mol. The summed E-state index contributed by atoms with van der Waals surface area (Å²) < 4.78 is 41.9. The van der Waals surface area contributed by atoms with Crippen molar-refractivity contribution in [3.63, 3.8) is 0 Å². The largest absolute Gasteiger partial charge is 0.419 e. The predicted molar refractivity (Wildman–Crippen MR) is 47.0 cm³/mol. The fourth-order valence-corrected chi connectivity index (χ4v) is 1.04. The minimum Gasteiger partial charge on any atom is -0.379 e. The molecule has 0 saturated carbocycles. The molecule has 0 radical (unpaired) electrons. The molecule has 1 unspecified atom stereocenters. The second-order valence-electron chi connectivity index (χ2n) is 3.27. The molecule has 0 bridgehead atoms. The smallest absolute Gasteiger partial charge is 0.379 e. The molecule has 0 aromatic heterocycles. The molecule has 5 heteroatoms. The molecule has 0 aromatic carbocycles. The van der Waals surface area contributed by atoms with E-state index in [2.05, 4.69) is 4.74 Å². The third-order valence-corrected chi connectivity index (χ3v) is 2.02. The predicted octanol–water partition coefficient (Wildman–Crippen LogP) is 2.51. The van der Waals surface area contributed by atoms with Crippen LogP contribution in [0.25, 0.3) is 0 Å². The number of unbranched alkanes of at least 4 members (excludes halogenated alkanes) is 1. The van der Waals surface area contributed by atoms with E-state index in [1.165, 1.54) is 0 Å². The van der Waals surface area contributed by atoms with Crippen LogP contribution in [-0.4, -0.2) is 30.1 Å². The fourth-order valence-electron chi connectivity index (χ4n) is 1.04. The van der Waals surface area contributed by atoms with Crippen molar-refractivity contribution in [2.24, 2.45) is 0 Å². The van der Waals surface area contributed by atoms with Crippen LogP contribution in [0.3, 0.4) is 0 Å². The second kappa shape index (κ2) is 5.56. The highest BCUT2D eigenvalue weighted by atomic mass is 19.4. The third kappa shape index (κ3) is 3.84. The van der Waals surface area contributed by atoms with Crippen molar-refractivity contribution in [3.05, 3.63) is 0 Å². The van der Waals surface area contributed by atoms with E-state index < -0.39 is 18.4 Å². The van der Waals surface area contributed by atoms with Gasteiger partial charge in [-0.25, -0.2) is 0 Å². The van der Waals surface area contributed by atoms with Crippen molar-refractivity contribution < 1.29 is 23.0 Å². The van der Waals surface area contributed by atoms with Crippen molar-refractivity contribution in [1.82, 2.24) is 0 Å². The first-order valence-corrected chi connectivity index (χ1v) is 4.74. The van der Waals surface area contributed by atoms with Crippen LogP contribution in [0.15, 0.2) is 0 Å². The summed E-state index contributed by atoms with van der Waals surface area (Å²) in [6.45, 7) is 2.87. The van der Waals surface area contributed by atoms with Gasteiger partial charge in [-0.15, -0.1) is 0 Å². The molecule has 0 spiro atoms. The van der Waals surface area contributed by atoms with Crippen molar-refractivity contribution in [2.45, 2.75) is 44.9 Å². The minimum atomic E-state index is -4.61. The first-order valence-electron chi connectivity index (χ1n) is 4.74. The van der Waals surface area contributed by atoms with Gasteiger partial charge in [-0.1, -0.05) is 19.8 Å². The number of aliphatic hydroxyl groups is 1. The highest BCUT2D eigenvalue weighted by Crippen LogP contribution is 2.34. The summed E-state index contributed by atoms with van der Waals surface area (Å²) in [5.41, 5.74) is -2.68. The molecule has 86 valence electrons. The van der Waals surface area contributed by atoms with Gasteiger partial charge in [-0.2, -0.15) is 13.2 Å². The Morgan fingerprint density at radius 2 is 1.79 bits per heavy atom. The summed E-state index contributed by atoms with van der Waals surface area (Å²) in [5.74, 6) is 0. The molecule has 0 rings (SSSR count). The first-order chi connectivity index (χ1) is 6.37. The number of hydrogen-bond acceptors (Lipinski definition) is 2. The Kier molecular flexibility index (Phi) is 5.44. The van der Waals surface area contributed by atoms with Crippen LogP contribution in [0.1, 0.15) is 33.1 Å². The zero-order valence-electron chi connectivity index (χ0n) is 8.52. The third-order valence-electron chi connectivity index (χ3n) is 2.02. The van der Waals surface area contributed by atoms with Gasteiger partial charge in [0.15, 0.2) is 5.60 Å². The van der Waals surface area contributed by atoms with Crippen LogP contribution in [0.5, 0.6) is 0 Å². The van der Waals surface area contributed by atoms with Gasteiger partial charge in [0, 0.05) is 6.61 Å². The van der Waals surface area contributed by atoms with Gasteiger partial charge in [0.25, 0.3) is 0 Å². The normalized spacial score (nSPS) is 16.7. The zero-order valence-corrected chi connectivity index (χ0v) is 8.52. The molecule has 1 N–H and O–H groups in total. The lowest BCUT2D eigenvalue weighted by Crippen LogP contribution is -2.49. The molecule has 0 saturated heterocycles. The lowest BCUT2D eigenvalue weighted by atomic mass is 9.97. The Morgan fingerprint density at radius 3 is 2.14 bits per heavy atom. The number of rotatable bonds is 6. The lowest BCUT2D eigenvalue weighted by molar-refractivity contribution is -0.277. The monoisotopic (exact) mass is 214 g/mol. The first kappa shape index (κ1) is 13.7. The SMILES string of the molecule is CCCCC(O)(COCC)C(F)(F)F. The Labute approximate surface area is 82.1 Å². The number of ether oxygens (including phenoxy) is 1. The van der Waals surface area contributed by atoms with Gasteiger partial charge in [-0.05, 0) is 13.3 Å². The molecular formula is C9H17F3O2. The molecule has 2 nitrogen and oxygen atoms in total. The number of alkyl halides is 3. The quantitative estimate of drug-likeness (QED) is 0.736. The van der Waals surface area contributed by atoms with Crippen LogP contribution < -0.4 is 0 Å². The number of halogens is 3. The summed E-state index contributed by atoms with van der Waals surface area (Å²) in [6.07, 6.45) is -3.96. The van der Waals surface area contributed by atoms with Gasteiger partial charge in [0.05, 0.1) is 6.61 Å². The highest BCUT2D eigenvalue weighted by Gasteiger charge is 2.53. The molecule has 0 aromatic rings. The summed E-state index contributed by atoms with van der Waals surface area (Å²) in [7, 11) is 0. The van der Waals surface area contributed by atoms with Crippen molar-refractivity contribution in [1.29, 1.82) is 0 Å². The van der Waals surface area contributed by atoms with E-state index in [1.54, 1.807) is 13.8 Å². The van der Waals surface area contributed by atoms with Gasteiger partial charge in [0.1, 0.15) is 0 Å². The zero-order chi connectivity index (χ0) is 11.2. The average molecular weight is 214 g/mol. The molecule has 0 amide bonds. The van der Waals surface area contributed by atoms with Crippen LogP contribution >= 0.6 is 0 Å². The Morgan fingerprint density at radius 1 is 1.21 bits per heavy atom. The van der Waals surface area contributed by atoms with Crippen LogP contribution in [0, 0.1) is 0 Å². The lowest BCUT2D eigenvalue weighted by Gasteiger charge is -2.30. The summed E-state index contributed by atoms with van der Waals surface area (Å²) in [4.78, 5) is 0. The summed E-state index contributed by atoms with van der Waals surface area (Å²) >= 11 is 0. The van der Waals surface area contributed by atoms with E-state index in [0.717, 1.165) is 0 Å². The molecule has 0 fully saturated rings. The average Bonchev–Trinajstić information content (AvgIpc) is 2.09. The highest BCUT2D eigenvalue weighted by molar-refractivity contribution is 4.86. The maximum Gasteiger partial charge on any atom is 0.419 e. The van der Waals surface area contributed by atoms with E-state index in [4.69, 9.17) is 0 Å². The van der Waals surface area contributed by atoms with Gasteiger partial charge in [0.2, 0.25) is 0 Å². The summed E-state index contributed by atoms with van der Waals surface area (Å²) in [6, 6.07) is 0. The standard InChI is InChI=1S/C9H17F3O2/c1-3-5-6-8(13,7-14-4-2)9(10,11)12/h13H,3-7H2,1-2H3. The van der Waals surface area contributed by atoms with Crippen LogP contribution in [0.4, 0.5) is 13.2 Å². The molecule has 0 aliphatic heterocycles. The van der Waals surface area contributed by atoms with Crippen LogP contribution in [-0.2, 0) is 4.74 Å².